The number of rotatable bonds is 3. The normalized spacial score (nSPS) is 10.6. The first-order valence-corrected chi connectivity index (χ1v) is 6.83. The van der Waals surface area contributed by atoms with Gasteiger partial charge in [0.05, 0.1) is 5.69 Å². The molecule has 21 heavy (non-hydrogen) atoms. The molecule has 0 aliphatic carbocycles. The maximum Gasteiger partial charge on any atom is 0.159 e. The molecule has 0 bridgehead atoms. The average molecular weight is 279 g/mol. The molecule has 3 aromatic rings. The van der Waals surface area contributed by atoms with Crippen LogP contribution >= 0.6 is 0 Å². The molecule has 0 aliphatic rings. The summed E-state index contributed by atoms with van der Waals surface area (Å²) < 4.78 is 1.83. The van der Waals surface area contributed by atoms with Crippen molar-refractivity contribution < 1.29 is 0 Å². The van der Waals surface area contributed by atoms with E-state index in [9.17, 15) is 0 Å². The fourth-order valence-corrected chi connectivity index (χ4v) is 2.25. The second-order valence-corrected chi connectivity index (χ2v) is 4.99. The van der Waals surface area contributed by atoms with Crippen LogP contribution in [0.1, 0.15) is 17.2 Å². The molecule has 2 heterocycles. The van der Waals surface area contributed by atoms with Gasteiger partial charge < -0.3 is 5.32 Å². The van der Waals surface area contributed by atoms with Gasteiger partial charge >= 0.3 is 0 Å². The van der Waals surface area contributed by atoms with E-state index in [1.54, 1.807) is 0 Å². The van der Waals surface area contributed by atoms with Crippen LogP contribution in [0.4, 0.5) is 11.5 Å². The quantitative estimate of drug-likeness (QED) is 0.799. The zero-order valence-electron chi connectivity index (χ0n) is 12.3. The van der Waals surface area contributed by atoms with E-state index in [1.807, 2.05) is 67.9 Å². The summed E-state index contributed by atoms with van der Waals surface area (Å²) in [6, 6.07) is 13.9. The number of nitrogens with one attached hydrogen (secondary N) is 1. The van der Waals surface area contributed by atoms with Gasteiger partial charge in [-0.3, -0.25) is 0 Å². The summed E-state index contributed by atoms with van der Waals surface area (Å²) in [7, 11) is 0. The van der Waals surface area contributed by atoms with Crippen molar-refractivity contribution in [2.75, 3.05) is 5.32 Å². The monoisotopic (exact) mass is 279 g/mol. The van der Waals surface area contributed by atoms with E-state index in [-0.39, 0.29) is 0 Å². The molecule has 0 saturated carbocycles. The summed E-state index contributed by atoms with van der Waals surface area (Å²) in [5.74, 6) is 2.24. The molecule has 2 aromatic heterocycles. The highest BCUT2D eigenvalue weighted by molar-refractivity contribution is 5.57. The summed E-state index contributed by atoms with van der Waals surface area (Å²) in [6.07, 6.45) is 0. The molecule has 5 nitrogen and oxygen atoms in total. The maximum atomic E-state index is 4.47. The van der Waals surface area contributed by atoms with Gasteiger partial charge in [0, 0.05) is 17.4 Å². The van der Waals surface area contributed by atoms with Crippen molar-refractivity contribution >= 4 is 11.5 Å². The van der Waals surface area contributed by atoms with Gasteiger partial charge in [0.1, 0.15) is 11.6 Å². The van der Waals surface area contributed by atoms with Crippen molar-refractivity contribution in [2.24, 2.45) is 0 Å². The molecule has 3 rings (SSSR count). The molecule has 1 aromatic carbocycles. The van der Waals surface area contributed by atoms with E-state index in [4.69, 9.17) is 0 Å². The Morgan fingerprint density at radius 3 is 2.38 bits per heavy atom. The third-order valence-electron chi connectivity index (χ3n) is 3.10. The molecule has 5 heteroatoms. The van der Waals surface area contributed by atoms with Crippen LogP contribution in [-0.4, -0.2) is 19.7 Å². The number of aryl methyl sites for hydroxylation is 3. The zero-order chi connectivity index (χ0) is 14.8. The lowest BCUT2D eigenvalue weighted by Crippen LogP contribution is -2.06. The molecule has 1 N–H and O–H groups in total. The van der Waals surface area contributed by atoms with Crippen LogP contribution in [0.3, 0.4) is 0 Å². The van der Waals surface area contributed by atoms with Crippen LogP contribution in [0.15, 0.2) is 42.5 Å². The van der Waals surface area contributed by atoms with Gasteiger partial charge in [-0.2, -0.15) is 5.10 Å². The van der Waals surface area contributed by atoms with Crippen molar-refractivity contribution in [2.45, 2.75) is 20.8 Å². The van der Waals surface area contributed by atoms with E-state index >= 15 is 0 Å². The third kappa shape index (κ3) is 2.91. The maximum absolute atomic E-state index is 4.47. The lowest BCUT2D eigenvalue weighted by atomic mass is 10.3. The molecule has 0 amide bonds. The molecule has 0 radical (unpaired) electrons. The summed E-state index contributed by atoms with van der Waals surface area (Å²) >= 11 is 0. The van der Waals surface area contributed by atoms with E-state index < -0.39 is 0 Å². The SMILES string of the molecule is Cc1cc(C)n(-c2cc(Nc3ccccc3)nc(C)n2)n1. The predicted molar refractivity (Wildman–Crippen MR) is 83.1 cm³/mol. The van der Waals surface area contributed by atoms with Crippen LogP contribution in [0.25, 0.3) is 5.82 Å². The van der Waals surface area contributed by atoms with Crippen LogP contribution < -0.4 is 5.32 Å². The number of nitrogens with zero attached hydrogens (tertiary/aromatic N) is 4. The Labute approximate surface area is 123 Å². The third-order valence-corrected chi connectivity index (χ3v) is 3.10. The Kier molecular flexibility index (Phi) is 3.39. The van der Waals surface area contributed by atoms with Gasteiger partial charge in [-0.1, -0.05) is 18.2 Å². The van der Waals surface area contributed by atoms with Crippen LogP contribution in [0, 0.1) is 20.8 Å². The Balaban J connectivity index is 1.98. The highest BCUT2D eigenvalue weighted by atomic mass is 15.3. The van der Waals surface area contributed by atoms with E-state index in [2.05, 4.69) is 20.4 Å². The standard InChI is InChI=1S/C16H17N5/c1-11-9-12(2)21(20-11)16-10-15(17-13(3)18-16)19-14-7-5-4-6-8-14/h4-10H,1-3H3,(H,17,18,19). The first-order chi connectivity index (χ1) is 10.1. The summed E-state index contributed by atoms with van der Waals surface area (Å²) in [6.45, 7) is 5.87. The number of hydrogen-bond acceptors (Lipinski definition) is 4. The Morgan fingerprint density at radius 2 is 1.71 bits per heavy atom. The topological polar surface area (TPSA) is 55.6 Å². The number of hydrogen-bond donors (Lipinski definition) is 1. The minimum atomic E-state index is 0.707. The summed E-state index contributed by atoms with van der Waals surface area (Å²) in [4.78, 5) is 8.90. The fourth-order valence-electron chi connectivity index (χ4n) is 2.25. The average Bonchev–Trinajstić information content (AvgIpc) is 2.78. The fraction of sp³-hybridized carbons (Fsp3) is 0.188. The summed E-state index contributed by atoms with van der Waals surface area (Å²) in [5.41, 5.74) is 3.02. The molecule has 0 saturated heterocycles. The van der Waals surface area contributed by atoms with Gasteiger partial charge in [-0.25, -0.2) is 14.6 Å². The summed E-state index contributed by atoms with van der Waals surface area (Å²) in [5, 5.41) is 7.76. The molecular formula is C16H17N5. The Bertz CT molecular complexity index is 762. The number of para-hydroxylation sites is 1. The van der Waals surface area contributed by atoms with Crippen molar-refractivity contribution in [3.05, 3.63) is 59.7 Å². The highest BCUT2D eigenvalue weighted by Crippen LogP contribution is 2.17. The smallest absolute Gasteiger partial charge is 0.159 e. The first-order valence-electron chi connectivity index (χ1n) is 6.83. The predicted octanol–water partition coefficient (Wildman–Crippen LogP) is 3.33. The van der Waals surface area contributed by atoms with E-state index in [1.165, 1.54) is 0 Å². The van der Waals surface area contributed by atoms with Crippen LogP contribution in [0.2, 0.25) is 0 Å². The van der Waals surface area contributed by atoms with Gasteiger partial charge in [0.2, 0.25) is 0 Å². The van der Waals surface area contributed by atoms with E-state index in [0.29, 0.717) is 5.82 Å². The molecule has 0 atom stereocenters. The van der Waals surface area contributed by atoms with Gasteiger partial charge in [-0.05, 0) is 39.0 Å². The second-order valence-electron chi connectivity index (χ2n) is 4.99. The van der Waals surface area contributed by atoms with Crippen LogP contribution in [0.5, 0.6) is 0 Å². The van der Waals surface area contributed by atoms with Gasteiger partial charge in [0.15, 0.2) is 5.82 Å². The van der Waals surface area contributed by atoms with Crippen LogP contribution in [-0.2, 0) is 0 Å². The molecule has 0 aliphatic heterocycles. The number of aromatic nitrogens is 4. The largest absolute Gasteiger partial charge is 0.340 e. The zero-order valence-corrected chi connectivity index (χ0v) is 12.3. The van der Waals surface area contributed by atoms with Gasteiger partial charge in [-0.15, -0.1) is 0 Å². The Hall–Kier alpha value is -2.69. The van der Waals surface area contributed by atoms with Gasteiger partial charge in [0.25, 0.3) is 0 Å². The minimum absolute atomic E-state index is 0.707. The highest BCUT2D eigenvalue weighted by Gasteiger charge is 2.08. The molecule has 0 spiro atoms. The minimum Gasteiger partial charge on any atom is -0.340 e. The molecule has 106 valence electrons. The molecular weight excluding hydrogens is 262 g/mol. The van der Waals surface area contributed by atoms with Crippen molar-refractivity contribution in [1.29, 1.82) is 0 Å². The van der Waals surface area contributed by atoms with Crippen molar-refractivity contribution in [3.63, 3.8) is 0 Å². The Morgan fingerprint density at radius 1 is 0.952 bits per heavy atom. The second kappa shape index (κ2) is 5.36. The number of anilines is 2. The lowest BCUT2D eigenvalue weighted by Gasteiger charge is -2.09. The van der Waals surface area contributed by atoms with Crippen molar-refractivity contribution in [3.8, 4) is 5.82 Å². The lowest BCUT2D eigenvalue weighted by molar-refractivity contribution is 0.794. The van der Waals surface area contributed by atoms with E-state index in [0.717, 1.165) is 28.7 Å². The first kappa shape index (κ1) is 13.3. The molecule has 0 unspecified atom stereocenters. The molecule has 0 fully saturated rings. The number of benzene rings is 1. The van der Waals surface area contributed by atoms with Crippen molar-refractivity contribution in [1.82, 2.24) is 19.7 Å².